The number of likely N-dealkylation sites (N-methyl/N-ethyl adjacent to an activating group) is 1. The fourth-order valence-electron chi connectivity index (χ4n) is 1.36. The number of alkyl halides is 2. The van der Waals surface area contributed by atoms with E-state index in [4.69, 9.17) is 11.6 Å². The zero-order chi connectivity index (χ0) is 14.4. The fraction of sp³-hybridized carbons (Fsp3) is 0.417. The summed E-state index contributed by atoms with van der Waals surface area (Å²) in [6, 6.07) is 4.36. The monoisotopic (exact) mass is 292 g/mol. The van der Waals surface area contributed by atoms with Gasteiger partial charge in [0.15, 0.2) is 0 Å². The van der Waals surface area contributed by atoms with Gasteiger partial charge in [-0.15, -0.1) is 0 Å². The Balaban J connectivity index is 2.65. The molecular formula is C12H15ClF2N2O2. The van der Waals surface area contributed by atoms with Gasteiger partial charge < -0.3 is 15.0 Å². The zero-order valence-electron chi connectivity index (χ0n) is 10.6. The number of hydrogen-bond donors (Lipinski definition) is 1. The van der Waals surface area contributed by atoms with Crippen LogP contribution in [0.3, 0.4) is 0 Å². The predicted molar refractivity (Wildman–Crippen MR) is 68.5 cm³/mol. The highest BCUT2D eigenvalue weighted by Gasteiger charge is 2.11. The van der Waals surface area contributed by atoms with Crippen molar-refractivity contribution >= 4 is 17.5 Å². The molecule has 0 unspecified atom stereocenters. The van der Waals surface area contributed by atoms with Crippen LogP contribution in [0, 0.1) is 0 Å². The van der Waals surface area contributed by atoms with Gasteiger partial charge in [0.05, 0.1) is 6.54 Å². The lowest BCUT2D eigenvalue weighted by molar-refractivity contribution is -0.127. The van der Waals surface area contributed by atoms with Gasteiger partial charge >= 0.3 is 6.61 Å². The molecule has 0 radical (unpaired) electrons. The van der Waals surface area contributed by atoms with Crippen LogP contribution >= 0.6 is 11.6 Å². The molecule has 0 saturated carbocycles. The van der Waals surface area contributed by atoms with Crippen molar-refractivity contribution in [2.45, 2.75) is 13.2 Å². The molecule has 0 spiro atoms. The lowest BCUT2D eigenvalue weighted by Gasteiger charge is -2.13. The smallest absolute Gasteiger partial charge is 0.387 e. The highest BCUT2D eigenvalue weighted by molar-refractivity contribution is 6.30. The van der Waals surface area contributed by atoms with Crippen molar-refractivity contribution in [3.05, 3.63) is 28.8 Å². The van der Waals surface area contributed by atoms with Crippen LogP contribution in [-0.2, 0) is 11.3 Å². The molecule has 0 aromatic heterocycles. The van der Waals surface area contributed by atoms with Gasteiger partial charge in [-0.25, -0.2) is 0 Å². The Labute approximate surface area is 115 Å². The normalized spacial score (nSPS) is 10.6. The van der Waals surface area contributed by atoms with E-state index in [9.17, 15) is 13.6 Å². The van der Waals surface area contributed by atoms with Crippen LogP contribution in [0.5, 0.6) is 5.75 Å². The van der Waals surface area contributed by atoms with Gasteiger partial charge in [-0.05, 0) is 18.2 Å². The van der Waals surface area contributed by atoms with E-state index < -0.39 is 6.61 Å². The highest BCUT2D eigenvalue weighted by atomic mass is 35.5. The molecule has 106 valence electrons. The minimum absolute atomic E-state index is 0.0456. The number of ether oxygens (including phenoxy) is 1. The van der Waals surface area contributed by atoms with Gasteiger partial charge in [0.25, 0.3) is 0 Å². The second kappa shape index (κ2) is 7.25. The Bertz CT molecular complexity index is 442. The van der Waals surface area contributed by atoms with E-state index in [2.05, 4.69) is 10.1 Å². The summed E-state index contributed by atoms with van der Waals surface area (Å²) in [5.41, 5.74) is 0.472. The number of halogens is 3. The molecule has 0 atom stereocenters. The van der Waals surface area contributed by atoms with E-state index in [-0.39, 0.29) is 24.7 Å². The van der Waals surface area contributed by atoms with E-state index in [1.165, 1.54) is 23.1 Å². The van der Waals surface area contributed by atoms with Gasteiger partial charge in [-0.3, -0.25) is 4.79 Å². The molecular weight excluding hydrogens is 278 g/mol. The molecule has 19 heavy (non-hydrogen) atoms. The maximum absolute atomic E-state index is 12.2. The third-order valence-electron chi connectivity index (χ3n) is 2.33. The summed E-state index contributed by atoms with van der Waals surface area (Å²) in [7, 11) is 3.27. The third kappa shape index (κ3) is 5.40. The lowest BCUT2D eigenvalue weighted by atomic mass is 10.2. The molecule has 0 aliphatic carbocycles. The minimum Gasteiger partial charge on any atom is -0.434 e. The summed E-state index contributed by atoms with van der Waals surface area (Å²) >= 11 is 5.80. The summed E-state index contributed by atoms with van der Waals surface area (Å²) in [5.74, 6) is -0.0671. The Morgan fingerprint density at radius 2 is 2.16 bits per heavy atom. The van der Waals surface area contributed by atoms with Crippen LogP contribution in [0.1, 0.15) is 5.56 Å². The van der Waals surface area contributed by atoms with E-state index >= 15 is 0 Å². The number of rotatable bonds is 6. The molecule has 1 N–H and O–H groups in total. The van der Waals surface area contributed by atoms with Gasteiger partial charge in [0.1, 0.15) is 5.75 Å². The van der Waals surface area contributed by atoms with E-state index in [0.717, 1.165) is 0 Å². The van der Waals surface area contributed by atoms with Crippen molar-refractivity contribution < 1.29 is 18.3 Å². The van der Waals surface area contributed by atoms with Crippen LogP contribution in [0.2, 0.25) is 5.02 Å². The molecule has 0 aliphatic rings. The van der Waals surface area contributed by atoms with Crippen LogP contribution in [0.15, 0.2) is 18.2 Å². The second-order valence-corrected chi connectivity index (χ2v) is 4.46. The van der Waals surface area contributed by atoms with E-state index in [0.29, 0.717) is 10.6 Å². The average Bonchev–Trinajstić information content (AvgIpc) is 2.31. The van der Waals surface area contributed by atoms with E-state index in [1.54, 1.807) is 14.1 Å². The first-order chi connectivity index (χ1) is 8.90. The van der Waals surface area contributed by atoms with Crippen molar-refractivity contribution in [2.75, 3.05) is 20.6 Å². The van der Waals surface area contributed by atoms with Crippen LogP contribution < -0.4 is 10.1 Å². The SMILES string of the molecule is CN(C)C(=O)CNCc1cc(Cl)ccc1OC(F)F. The van der Waals surface area contributed by atoms with Crippen molar-refractivity contribution in [3.63, 3.8) is 0 Å². The van der Waals surface area contributed by atoms with Crippen LogP contribution in [-0.4, -0.2) is 38.1 Å². The van der Waals surface area contributed by atoms with Crippen molar-refractivity contribution in [1.29, 1.82) is 0 Å². The average molecular weight is 293 g/mol. The highest BCUT2D eigenvalue weighted by Crippen LogP contribution is 2.24. The summed E-state index contributed by atoms with van der Waals surface area (Å²) < 4.78 is 28.8. The molecule has 1 amide bonds. The largest absolute Gasteiger partial charge is 0.434 e. The first-order valence-electron chi connectivity index (χ1n) is 5.54. The molecule has 7 heteroatoms. The fourth-order valence-corrected chi connectivity index (χ4v) is 1.55. The van der Waals surface area contributed by atoms with Crippen molar-refractivity contribution in [1.82, 2.24) is 10.2 Å². The Hall–Kier alpha value is -1.40. The Morgan fingerprint density at radius 3 is 2.74 bits per heavy atom. The molecule has 1 aromatic rings. The quantitative estimate of drug-likeness (QED) is 0.873. The van der Waals surface area contributed by atoms with Crippen LogP contribution in [0.4, 0.5) is 8.78 Å². The van der Waals surface area contributed by atoms with Crippen molar-refractivity contribution in [3.8, 4) is 5.75 Å². The zero-order valence-corrected chi connectivity index (χ0v) is 11.4. The number of carbonyl (C=O) groups excluding carboxylic acids is 1. The maximum atomic E-state index is 12.2. The van der Waals surface area contributed by atoms with Gasteiger partial charge in [0.2, 0.25) is 5.91 Å². The molecule has 0 saturated heterocycles. The van der Waals surface area contributed by atoms with Gasteiger partial charge in [-0.2, -0.15) is 8.78 Å². The molecule has 1 rings (SSSR count). The molecule has 0 heterocycles. The lowest BCUT2D eigenvalue weighted by Crippen LogP contribution is -2.32. The second-order valence-electron chi connectivity index (χ2n) is 4.02. The standard InChI is InChI=1S/C12H15ClF2N2O2/c1-17(2)11(18)7-16-6-8-5-9(13)3-4-10(8)19-12(14)15/h3-5,12,16H,6-7H2,1-2H3. The van der Waals surface area contributed by atoms with E-state index in [1.807, 2.05) is 0 Å². The molecule has 1 aromatic carbocycles. The molecule has 4 nitrogen and oxygen atoms in total. The van der Waals surface area contributed by atoms with Gasteiger partial charge in [-0.1, -0.05) is 11.6 Å². The number of benzene rings is 1. The van der Waals surface area contributed by atoms with Gasteiger partial charge in [0, 0.05) is 31.2 Å². The summed E-state index contributed by atoms with van der Waals surface area (Å²) in [5, 5.41) is 3.26. The summed E-state index contributed by atoms with van der Waals surface area (Å²) in [6.45, 7) is -2.58. The first-order valence-corrected chi connectivity index (χ1v) is 5.92. The third-order valence-corrected chi connectivity index (χ3v) is 2.56. The summed E-state index contributed by atoms with van der Waals surface area (Å²) in [4.78, 5) is 12.8. The topological polar surface area (TPSA) is 41.6 Å². The summed E-state index contributed by atoms with van der Waals surface area (Å²) in [6.07, 6.45) is 0. The Morgan fingerprint density at radius 1 is 1.47 bits per heavy atom. The maximum Gasteiger partial charge on any atom is 0.387 e. The number of amides is 1. The van der Waals surface area contributed by atoms with Crippen molar-refractivity contribution in [2.24, 2.45) is 0 Å². The number of hydrogen-bond acceptors (Lipinski definition) is 3. The Kier molecular flexibility index (Phi) is 5.98. The molecule has 0 fully saturated rings. The minimum atomic E-state index is -2.90. The molecule has 0 aliphatic heterocycles. The van der Waals surface area contributed by atoms with Crippen LogP contribution in [0.25, 0.3) is 0 Å². The molecule has 0 bridgehead atoms. The first kappa shape index (κ1) is 15.7. The number of nitrogens with zero attached hydrogens (tertiary/aromatic N) is 1. The number of nitrogens with one attached hydrogen (secondary N) is 1. The number of carbonyl (C=O) groups is 1. The predicted octanol–water partition coefficient (Wildman–Crippen LogP) is 2.12.